The smallest absolute Gasteiger partial charge is 0.427 e. The number of benzene rings is 1. The number of hydrazone groups is 1. The highest BCUT2D eigenvalue weighted by atomic mass is 16.5. The van der Waals surface area contributed by atoms with Crippen molar-refractivity contribution in [2.75, 3.05) is 11.9 Å². The number of hydrogen-bond donors (Lipinski definition) is 2. The van der Waals surface area contributed by atoms with Gasteiger partial charge in [0.25, 0.3) is 5.91 Å². The summed E-state index contributed by atoms with van der Waals surface area (Å²) in [6.45, 7) is 7.86. The fourth-order valence-corrected chi connectivity index (χ4v) is 3.28. The van der Waals surface area contributed by atoms with Crippen LogP contribution < -0.4 is 10.7 Å². The predicted octanol–water partition coefficient (Wildman–Crippen LogP) is 4.24. The van der Waals surface area contributed by atoms with Crippen LogP contribution in [-0.4, -0.2) is 24.3 Å². The van der Waals surface area contributed by atoms with E-state index in [2.05, 4.69) is 15.8 Å². The molecular weight excluding hydrogens is 358 g/mol. The largest absolute Gasteiger partial charge is 0.455 e. The summed E-state index contributed by atoms with van der Waals surface area (Å²) in [5.41, 5.74) is 7.60. The van der Waals surface area contributed by atoms with Crippen molar-refractivity contribution in [3.8, 4) is 0 Å². The summed E-state index contributed by atoms with van der Waals surface area (Å²) in [6.07, 6.45) is 1.65. The molecule has 0 atom stereocenters. The third-order valence-electron chi connectivity index (χ3n) is 4.85. The lowest BCUT2D eigenvalue weighted by Crippen LogP contribution is -2.22. The van der Waals surface area contributed by atoms with Gasteiger partial charge >= 0.3 is 6.09 Å². The number of anilines is 1. The number of fused-ring (bicyclic) bond motifs is 1. The molecular formula is C21H25N3O4. The van der Waals surface area contributed by atoms with Crippen LogP contribution in [0.3, 0.4) is 0 Å². The summed E-state index contributed by atoms with van der Waals surface area (Å²) in [5, 5.41) is 7.08. The Kier molecular flexibility index (Phi) is 5.82. The van der Waals surface area contributed by atoms with Gasteiger partial charge in [0.1, 0.15) is 5.76 Å². The normalized spacial score (nSPS) is 14.5. The Morgan fingerprint density at radius 3 is 2.68 bits per heavy atom. The zero-order valence-electron chi connectivity index (χ0n) is 16.6. The first-order chi connectivity index (χ1) is 13.4. The van der Waals surface area contributed by atoms with Crippen molar-refractivity contribution in [2.45, 2.75) is 47.0 Å². The number of carbonyl (C=O) groups excluding carboxylic acids is 2. The highest BCUT2D eigenvalue weighted by molar-refractivity contribution is 6.09. The maximum absolute atomic E-state index is 12.8. The molecule has 1 aliphatic rings. The van der Waals surface area contributed by atoms with Crippen molar-refractivity contribution in [3.63, 3.8) is 0 Å². The second-order valence-corrected chi connectivity index (χ2v) is 6.85. The number of carbonyl (C=O) groups is 2. The third-order valence-corrected chi connectivity index (χ3v) is 4.85. The summed E-state index contributed by atoms with van der Waals surface area (Å²) >= 11 is 0. The Hall–Kier alpha value is -3.09. The topological polar surface area (TPSA) is 92.9 Å². The van der Waals surface area contributed by atoms with E-state index in [0.717, 1.165) is 46.5 Å². The third kappa shape index (κ3) is 4.08. The van der Waals surface area contributed by atoms with Gasteiger partial charge in [-0.3, -0.25) is 4.79 Å². The number of nitrogens with one attached hydrogen (secondary N) is 2. The van der Waals surface area contributed by atoms with Crippen molar-refractivity contribution in [1.29, 1.82) is 0 Å². The van der Waals surface area contributed by atoms with Crippen molar-refractivity contribution in [3.05, 3.63) is 52.0 Å². The molecule has 0 radical (unpaired) electrons. The summed E-state index contributed by atoms with van der Waals surface area (Å²) in [7, 11) is 0. The Labute approximate surface area is 164 Å². The second-order valence-electron chi connectivity index (χ2n) is 6.85. The Balaban J connectivity index is 1.84. The molecule has 148 valence electrons. The van der Waals surface area contributed by atoms with Crippen LogP contribution in [0, 0.1) is 20.8 Å². The number of amides is 2. The standard InChI is InChI=1S/C21H25N3O4/c1-5-27-21(26)24-23-16-7-6-8-17-18(16)14(4)19(28-17)20(25)22-15-10-9-12(2)13(3)11-15/h9-11H,5-8H2,1-4H3,(H,22,25)(H,24,26)/b23-16+. The molecule has 2 N–H and O–H groups in total. The van der Waals surface area contributed by atoms with Crippen LogP contribution in [-0.2, 0) is 11.2 Å². The molecule has 28 heavy (non-hydrogen) atoms. The quantitative estimate of drug-likeness (QED) is 0.772. The molecule has 7 heteroatoms. The fraction of sp³-hybridized carbons (Fsp3) is 0.381. The summed E-state index contributed by atoms with van der Waals surface area (Å²) in [4.78, 5) is 24.3. The molecule has 0 aliphatic heterocycles. The monoisotopic (exact) mass is 383 g/mol. The van der Waals surface area contributed by atoms with Crippen molar-refractivity contribution >= 4 is 23.4 Å². The minimum absolute atomic E-state index is 0.272. The lowest BCUT2D eigenvalue weighted by molar-refractivity contribution is 0.0994. The number of furan rings is 1. The molecule has 7 nitrogen and oxygen atoms in total. The van der Waals surface area contributed by atoms with Crippen LogP contribution in [0.25, 0.3) is 0 Å². The molecule has 0 saturated carbocycles. The van der Waals surface area contributed by atoms with E-state index < -0.39 is 6.09 Å². The first-order valence-electron chi connectivity index (χ1n) is 9.41. The molecule has 0 spiro atoms. The van der Waals surface area contributed by atoms with E-state index in [1.165, 1.54) is 0 Å². The van der Waals surface area contributed by atoms with Gasteiger partial charge in [-0.25, -0.2) is 10.2 Å². The van der Waals surface area contributed by atoms with Crippen LogP contribution >= 0.6 is 0 Å². The van der Waals surface area contributed by atoms with Crippen molar-refractivity contribution < 1.29 is 18.7 Å². The Bertz CT molecular complexity index is 943. The molecule has 0 fully saturated rings. The maximum Gasteiger partial charge on any atom is 0.427 e. The minimum Gasteiger partial charge on any atom is -0.455 e. The predicted molar refractivity (Wildman–Crippen MR) is 107 cm³/mol. The van der Waals surface area contributed by atoms with E-state index in [-0.39, 0.29) is 18.3 Å². The minimum atomic E-state index is -0.601. The first-order valence-corrected chi connectivity index (χ1v) is 9.41. The Morgan fingerprint density at radius 1 is 1.18 bits per heavy atom. The van der Waals surface area contributed by atoms with Gasteiger partial charge in [0, 0.05) is 23.2 Å². The highest BCUT2D eigenvalue weighted by Crippen LogP contribution is 2.30. The van der Waals surface area contributed by atoms with E-state index in [1.54, 1.807) is 6.92 Å². The van der Waals surface area contributed by atoms with Crippen LogP contribution in [0.1, 0.15) is 58.3 Å². The molecule has 0 saturated heterocycles. The van der Waals surface area contributed by atoms with Gasteiger partial charge in [-0.15, -0.1) is 0 Å². The van der Waals surface area contributed by atoms with Crippen LogP contribution in [0.4, 0.5) is 10.5 Å². The Morgan fingerprint density at radius 2 is 1.96 bits per heavy atom. The maximum atomic E-state index is 12.8. The van der Waals surface area contributed by atoms with Gasteiger partial charge < -0.3 is 14.5 Å². The van der Waals surface area contributed by atoms with Crippen LogP contribution in [0.15, 0.2) is 27.7 Å². The summed E-state index contributed by atoms with van der Waals surface area (Å²) in [6, 6.07) is 5.77. The fourth-order valence-electron chi connectivity index (χ4n) is 3.28. The average molecular weight is 383 g/mol. The van der Waals surface area contributed by atoms with Crippen LogP contribution in [0.5, 0.6) is 0 Å². The van der Waals surface area contributed by atoms with Gasteiger partial charge in [-0.05, 0) is 63.8 Å². The molecule has 2 amide bonds. The lowest BCUT2D eigenvalue weighted by atomic mass is 9.93. The van der Waals surface area contributed by atoms with Gasteiger partial charge in [-0.2, -0.15) is 5.10 Å². The number of rotatable bonds is 4. The number of hydrogen-bond acceptors (Lipinski definition) is 5. The van der Waals surface area contributed by atoms with E-state index >= 15 is 0 Å². The molecule has 1 heterocycles. The van der Waals surface area contributed by atoms with E-state index in [1.807, 2.05) is 39.0 Å². The summed E-state index contributed by atoms with van der Waals surface area (Å²) < 4.78 is 10.7. The van der Waals surface area contributed by atoms with E-state index in [0.29, 0.717) is 12.1 Å². The SMILES string of the molecule is CCOC(=O)N/N=C1\CCCc2oc(C(=O)Nc3ccc(C)c(C)c3)c(C)c21. The van der Waals surface area contributed by atoms with E-state index in [9.17, 15) is 9.59 Å². The van der Waals surface area contributed by atoms with Crippen LogP contribution in [0.2, 0.25) is 0 Å². The van der Waals surface area contributed by atoms with Gasteiger partial charge in [0.15, 0.2) is 5.76 Å². The zero-order valence-corrected chi connectivity index (χ0v) is 16.6. The molecule has 3 rings (SSSR count). The van der Waals surface area contributed by atoms with Gasteiger partial charge in [-0.1, -0.05) is 6.07 Å². The van der Waals surface area contributed by atoms with Crippen molar-refractivity contribution in [2.24, 2.45) is 5.10 Å². The molecule has 1 aromatic heterocycles. The average Bonchev–Trinajstić information content (AvgIpc) is 3.01. The second kappa shape index (κ2) is 8.29. The molecule has 0 bridgehead atoms. The molecule has 2 aromatic rings. The molecule has 0 unspecified atom stereocenters. The zero-order chi connectivity index (χ0) is 20.3. The van der Waals surface area contributed by atoms with Gasteiger partial charge in [0.05, 0.1) is 12.3 Å². The summed E-state index contributed by atoms with van der Waals surface area (Å²) in [5.74, 6) is 0.695. The van der Waals surface area contributed by atoms with Crippen molar-refractivity contribution in [1.82, 2.24) is 5.43 Å². The number of ether oxygens (including phenoxy) is 1. The van der Waals surface area contributed by atoms with E-state index in [4.69, 9.17) is 9.15 Å². The lowest BCUT2D eigenvalue weighted by Gasteiger charge is -2.13. The first kappa shape index (κ1) is 19.7. The number of nitrogens with zero attached hydrogens (tertiary/aromatic N) is 1. The highest BCUT2D eigenvalue weighted by Gasteiger charge is 2.28. The number of aryl methyl sites for hydroxylation is 3. The molecule has 1 aromatic carbocycles. The molecule has 1 aliphatic carbocycles. The van der Waals surface area contributed by atoms with Gasteiger partial charge in [0.2, 0.25) is 0 Å².